The van der Waals surface area contributed by atoms with Crippen LogP contribution in [0.3, 0.4) is 0 Å². The average Bonchev–Trinajstić information content (AvgIpc) is 2.80. The highest BCUT2D eigenvalue weighted by molar-refractivity contribution is 6.31. The summed E-state index contributed by atoms with van der Waals surface area (Å²) in [4.78, 5) is 21.8. The number of aromatic nitrogens is 2. The third kappa shape index (κ3) is 3.83. The van der Waals surface area contributed by atoms with Gasteiger partial charge in [0.25, 0.3) is 0 Å². The van der Waals surface area contributed by atoms with Gasteiger partial charge in [-0.3, -0.25) is 0 Å². The molecule has 8 heteroatoms. The van der Waals surface area contributed by atoms with E-state index in [1.807, 2.05) is 17.9 Å². The summed E-state index contributed by atoms with van der Waals surface area (Å²) < 4.78 is 5.71. The topological polar surface area (TPSA) is 102 Å². The Kier molecular flexibility index (Phi) is 5.06. The van der Waals surface area contributed by atoms with Gasteiger partial charge in [0.05, 0.1) is 18.2 Å². The van der Waals surface area contributed by atoms with Crippen LogP contribution in [0, 0.1) is 6.92 Å². The number of halogens is 1. The van der Waals surface area contributed by atoms with Gasteiger partial charge in [-0.2, -0.15) is 4.98 Å². The number of aryl methyl sites for hydroxylation is 1. The number of carbonyl (C=O) groups is 1. The molecule has 0 spiro atoms. The maximum atomic E-state index is 11.3. The highest BCUT2D eigenvalue weighted by atomic mass is 35.5. The van der Waals surface area contributed by atoms with Crippen LogP contribution in [-0.4, -0.2) is 40.8 Å². The molecular formula is C17H19ClN4O3. The molecule has 0 radical (unpaired) electrons. The molecule has 1 atom stereocenters. The van der Waals surface area contributed by atoms with Crippen LogP contribution in [0.15, 0.2) is 24.3 Å². The van der Waals surface area contributed by atoms with Crippen molar-refractivity contribution in [1.29, 1.82) is 0 Å². The third-order valence-corrected chi connectivity index (χ3v) is 4.44. The lowest BCUT2D eigenvalue weighted by atomic mass is 10.0. The van der Waals surface area contributed by atoms with E-state index in [1.165, 1.54) is 6.07 Å². The van der Waals surface area contributed by atoms with E-state index in [4.69, 9.17) is 22.1 Å². The van der Waals surface area contributed by atoms with Crippen molar-refractivity contribution in [3.63, 3.8) is 0 Å². The molecule has 25 heavy (non-hydrogen) atoms. The summed E-state index contributed by atoms with van der Waals surface area (Å²) in [6.45, 7) is 3.53. The Balaban J connectivity index is 2.07. The molecule has 1 aliphatic heterocycles. The molecule has 1 aromatic carbocycles. The van der Waals surface area contributed by atoms with Crippen molar-refractivity contribution in [1.82, 2.24) is 9.97 Å². The second-order valence-electron chi connectivity index (χ2n) is 5.90. The quantitative estimate of drug-likeness (QED) is 0.865. The van der Waals surface area contributed by atoms with Crippen LogP contribution in [0.25, 0.3) is 0 Å². The minimum atomic E-state index is -0.999. The van der Waals surface area contributed by atoms with Gasteiger partial charge in [-0.05, 0) is 37.1 Å². The smallest absolute Gasteiger partial charge is 0.335 e. The van der Waals surface area contributed by atoms with Gasteiger partial charge in [0.2, 0.25) is 5.95 Å². The molecule has 1 unspecified atom stereocenters. The van der Waals surface area contributed by atoms with Crippen LogP contribution in [0.5, 0.6) is 0 Å². The van der Waals surface area contributed by atoms with Gasteiger partial charge < -0.3 is 20.5 Å². The first-order valence-electron chi connectivity index (χ1n) is 7.94. The fraction of sp³-hybridized carbons (Fsp3) is 0.353. The van der Waals surface area contributed by atoms with Crippen molar-refractivity contribution in [3.05, 3.63) is 46.1 Å². The summed E-state index contributed by atoms with van der Waals surface area (Å²) in [5.74, 6) is -0.122. The second kappa shape index (κ2) is 7.25. The maximum Gasteiger partial charge on any atom is 0.335 e. The second-order valence-corrected chi connectivity index (χ2v) is 6.31. The Morgan fingerprint density at radius 2 is 2.20 bits per heavy atom. The van der Waals surface area contributed by atoms with Gasteiger partial charge in [0, 0.05) is 29.9 Å². The number of nitrogens with zero attached hydrogens (tertiary/aromatic N) is 3. The average molecular weight is 363 g/mol. The molecule has 0 bridgehead atoms. The lowest BCUT2D eigenvalue weighted by Crippen LogP contribution is -2.32. The van der Waals surface area contributed by atoms with E-state index in [0.717, 1.165) is 12.1 Å². The molecule has 0 saturated carbocycles. The number of hydrogen-bond donors (Lipinski definition) is 2. The van der Waals surface area contributed by atoms with Gasteiger partial charge in [0.15, 0.2) is 0 Å². The molecule has 2 heterocycles. The summed E-state index contributed by atoms with van der Waals surface area (Å²) in [6, 6.07) is 6.27. The number of hydrogen-bond acceptors (Lipinski definition) is 6. The van der Waals surface area contributed by atoms with Gasteiger partial charge in [0.1, 0.15) is 5.82 Å². The van der Waals surface area contributed by atoms with E-state index < -0.39 is 5.97 Å². The SMILES string of the molecule is Cc1cc(N2CCCOCC2c2cc(C(=O)O)ccc2Cl)nc(N)n1. The van der Waals surface area contributed by atoms with Gasteiger partial charge in [-0.25, -0.2) is 9.78 Å². The number of nitrogens with two attached hydrogens (primary N) is 1. The first kappa shape index (κ1) is 17.4. The molecule has 7 nitrogen and oxygen atoms in total. The molecule has 0 amide bonds. The molecule has 132 valence electrons. The fourth-order valence-electron chi connectivity index (χ4n) is 2.96. The highest BCUT2D eigenvalue weighted by Crippen LogP contribution is 2.33. The molecule has 2 aromatic rings. The molecule has 3 N–H and O–H groups in total. The number of carboxylic acids is 1. The fourth-order valence-corrected chi connectivity index (χ4v) is 3.21. The summed E-state index contributed by atoms with van der Waals surface area (Å²) >= 11 is 6.37. The van der Waals surface area contributed by atoms with Crippen molar-refractivity contribution in [2.24, 2.45) is 0 Å². The predicted molar refractivity (Wildman–Crippen MR) is 95.1 cm³/mol. The molecule has 1 aromatic heterocycles. The first-order valence-corrected chi connectivity index (χ1v) is 8.32. The number of nitrogen functional groups attached to an aromatic ring is 1. The molecule has 3 rings (SSSR count). The van der Waals surface area contributed by atoms with Crippen molar-refractivity contribution in [2.45, 2.75) is 19.4 Å². The van der Waals surface area contributed by atoms with Crippen LogP contribution < -0.4 is 10.6 Å². The van der Waals surface area contributed by atoms with Crippen molar-refractivity contribution < 1.29 is 14.6 Å². The molecule has 1 aliphatic rings. The van der Waals surface area contributed by atoms with Crippen LogP contribution >= 0.6 is 11.6 Å². The number of ether oxygens (including phenoxy) is 1. The Morgan fingerprint density at radius 3 is 2.92 bits per heavy atom. The number of aromatic carboxylic acids is 1. The highest BCUT2D eigenvalue weighted by Gasteiger charge is 2.27. The van der Waals surface area contributed by atoms with Crippen LogP contribution in [-0.2, 0) is 4.74 Å². The van der Waals surface area contributed by atoms with E-state index in [2.05, 4.69) is 9.97 Å². The van der Waals surface area contributed by atoms with E-state index in [-0.39, 0.29) is 17.6 Å². The molecule has 1 saturated heterocycles. The van der Waals surface area contributed by atoms with Gasteiger partial charge in [-0.1, -0.05) is 11.6 Å². The Labute approximate surface area is 150 Å². The Bertz CT molecular complexity index is 779. The Morgan fingerprint density at radius 1 is 1.40 bits per heavy atom. The number of rotatable bonds is 3. The van der Waals surface area contributed by atoms with Gasteiger partial charge >= 0.3 is 5.97 Å². The number of anilines is 2. The van der Waals surface area contributed by atoms with Crippen LogP contribution in [0.2, 0.25) is 5.02 Å². The van der Waals surface area contributed by atoms with Gasteiger partial charge in [-0.15, -0.1) is 0 Å². The Hall–Kier alpha value is -2.38. The number of benzene rings is 1. The monoisotopic (exact) mass is 362 g/mol. The predicted octanol–water partition coefficient (Wildman–Crippen LogP) is 2.69. The normalized spacial score (nSPS) is 18.0. The molecular weight excluding hydrogens is 344 g/mol. The van der Waals surface area contributed by atoms with E-state index in [0.29, 0.717) is 36.2 Å². The van der Waals surface area contributed by atoms with E-state index >= 15 is 0 Å². The summed E-state index contributed by atoms with van der Waals surface area (Å²) in [7, 11) is 0. The van der Waals surface area contributed by atoms with E-state index in [9.17, 15) is 9.90 Å². The standard InChI is InChI=1S/C17H19ClN4O3/c1-10-7-15(21-17(19)20-10)22-5-2-6-25-9-14(22)12-8-11(16(23)24)3-4-13(12)18/h3-4,7-8,14H,2,5-6,9H2,1H3,(H,23,24)(H2,19,20,21). The van der Waals surface area contributed by atoms with Crippen molar-refractivity contribution in [3.8, 4) is 0 Å². The summed E-state index contributed by atoms with van der Waals surface area (Å²) in [6.07, 6.45) is 0.815. The summed E-state index contributed by atoms with van der Waals surface area (Å²) in [5.41, 5.74) is 7.44. The zero-order valence-electron chi connectivity index (χ0n) is 13.8. The lowest BCUT2D eigenvalue weighted by Gasteiger charge is -2.31. The first-order chi connectivity index (χ1) is 12.0. The van der Waals surface area contributed by atoms with Crippen LogP contribution in [0.1, 0.15) is 34.1 Å². The van der Waals surface area contributed by atoms with Crippen LogP contribution in [0.4, 0.5) is 11.8 Å². The zero-order valence-corrected chi connectivity index (χ0v) is 14.5. The molecule has 1 fully saturated rings. The minimum Gasteiger partial charge on any atom is -0.478 e. The minimum absolute atomic E-state index is 0.182. The van der Waals surface area contributed by atoms with E-state index in [1.54, 1.807) is 12.1 Å². The number of carboxylic acid groups (broad SMARTS) is 1. The molecule has 0 aliphatic carbocycles. The zero-order chi connectivity index (χ0) is 18.0. The lowest BCUT2D eigenvalue weighted by molar-refractivity contribution is 0.0696. The summed E-state index contributed by atoms with van der Waals surface area (Å²) in [5, 5.41) is 9.77. The van der Waals surface area contributed by atoms with Crippen molar-refractivity contribution in [2.75, 3.05) is 30.4 Å². The third-order valence-electron chi connectivity index (χ3n) is 4.09. The largest absolute Gasteiger partial charge is 0.478 e. The maximum absolute atomic E-state index is 11.3. The van der Waals surface area contributed by atoms with Crippen molar-refractivity contribution >= 4 is 29.3 Å².